The molecule has 2 unspecified atom stereocenters. The second-order valence-corrected chi connectivity index (χ2v) is 10.8. The fourth-order valence-electron chi connectivity index (χ4n) is 5.05. The summed E-state index contributed by atoms with van der Waals surface area (Å²) in [5.41, 5.74) is 2.27. The van der Waals surface area contributed by atoms with Crippen LogP contribution in [0.25, 0.3) is 0 Å². The van der Waals surface area contributed by atoms with E-state index in [4.69, 9.17) is 14.2 Å². The van der Waals surface area contributed by atoms with Crippen LogP contribution in [0.2, 0.25) is 0 Å². The van der Waals surface area contributed by atoms with Gasteiger partial charge in [-0.3, -0.25) is 9.59 Å². The Kier molecular flexibility index (Phi) is 11.4. The molecule has 1 aliphatic rings. The Morgan fingerprint density at radius 1 is 0.837 bits per heavy atom. The van der Waals surface area contributed by atoms with Crippen molar-refractivity contribution in [3.63, 3.8) is 0 Å². The van der Waals surface area contributed by atoms with Gasteiger partial charge in [0.15, 0.2) is 0 Å². The van der Waals surface area contributed by atoms with Gasteiger partial charge in [-0.05, 0) is 92.1 Å². The minimum absolute atomic E-state index is 0.0233. The maximum Gasteiger partial charge on any atom is 0.335 e. The number of carbonyl (C=O) groups excluding carboxylic acids is 1. The molecule has 3 aromatic rings. The lowest BCUT2D eigenvalue weighted by Gasteiger charge is -2.27. The smallest absolute Gasteiger partial charge is 0.335 e. The molecule has 4 rings (SSSR count). The Morgan fingerprint density at radius 3 is 2.21 bits per heavy atom. The van der Waals surface area contributed by atoms with Crippen LogP contribution in [0.3, 0.4) is 0 Å². The van der Waals surface area contributed by atoms with E-state index >= 15 is 0 Å². The van der Waals surface area contributed by atoms with Crippen LogP contribution in [0.15, 0.2) is 66.7 Å². The SMILES string of the molecule is CCCOc1ccc(COc2ccc(CCCOc3ccc(C(=O)O)cc3C(=O)NC3CCCC(C(=O)O)C3)cc2)cc1. The quantitative estimate of drug-likeness (QED) is 0.180. The number of ether oxygens (including phenoxy) is 3. The lowest BCUT2D eigenvalue weighted by Crippen LogP contribution is -2.40. The Hall–Kier alpha value is -4.53. The van der Waals surface area contributed by atoms with Crippen LogP contribution in [0.1, 0.15) is 77.3 Å². The number of carboxylic acids is 2. The van der Waals surface area contributed by atoms with Crippen LogP contribution >= 0.6 is 0 Å². The Morgan fingerprint density at radius 2 is 1.53 bits per heavy atom. The summed E-state index contributed by atoms with van der Waals surface area (Å²) in [5, 5.41) is 21.7. The van der Waals surface area contributed by atoms with Crippen LogP contribution in [-0.2, 0) is 17.8 Å². The molecule has 43 heavy (non-hydrogen) atoms. The molecule has 0 heterocycles. The molecule has 9 nitrogen and oxygen atoms in total. The van der Waals surface area contributed by atoms with Gasteiger partial charge in [0, 0.05) is 6.04 Å². The third-order valence-corrected chi connectivity index (χ3v) is 7.42. The molecule has 0 bridgehead atoms. The van der Waals surface area contributed by atoms with E-state index in [1.165, 1.54) is 18.2 Å². The van der Waals surface area contributed by atoms with Gasteiger partial charge >= 0.3 is 11.9 Å². The highest BCUT2D eigenvalue weighted by atomic mass is 16.5. The minimum Gasteiger partial charge on any atom is -0.494 e. The molecule has 0 spiro atoms. The lowest BCUT2D eigenvalue weighted by molar-refractivity contribution is -0.143. The van der Waals surface area contributed by atoms with Crippen molar-refractivity contribution in [2.75, 3.05) is 13.2 Å². The molecule has 1 saturated carbocycles. The van der Waals surface area contributed by atoms with Crippen molar-refractivity contribution >= 4 is 17.8 Å². The third kappa shape index (κ3) is 9.49. The van der Waals surface area contributed by atoms with Gasteiger partial charge < -0.3 is 29.7 Å². The van der Waals surface area contributed by atoms with E-state index in [0.717, 1.165) is 35.5 Å². The van der Waals surface area contributed by atoms with Crippen molar-refractivity contribution in [2.24, 2.45) is 5.92 Å². The van der Waals surface area contributed by atoms with Crippen molar-refractivity contribution in [3.8, 4) is 17.2 Å². The summed E-state index contributed by atoms with van der Waals surface area (Å²) in [7, 11) is 0. The van der Waals surface area contributed by atoms with Crippen molar-refractivity contribution in [2.45, 2.75) is 64.5 Å². The van der Waals surface area contributed by atoms with Crippen LogP contribution in [0.5, 0.6) is 17.2 Å². The number of hydrogen-bond acceptors (Lipinski definition) is 6. The zero-order chi connectivity index (χ0) is 30.6. The molecular weight excluding hydrogens is 550 g/mol. The first kappa shape index (κ1) is 31.4. The number of amides is 1. The van der Waals surface area contributed by atoms with Gasteiger partial charge in [-0.15, -0.1) is 0 Å². The van der Waals surface area contributed by atoms with Gasteiger partial charge in [0.1, 0.15) is 23.9 Å². The van der Waals surface area contributed by atoms with E-state index in [0.29, 0.717) is 57.7 Å². The summed E-state index contributed by atoms with van der Waals surface area (Å²) in [5.74, 6) is -1.06. The number of rotatable bonds is 15. The van der Waals surface area contributed by atoms with Gasteiger partial charge in [0.2, 0.25) is 0 Å². The van der Waals surface area contributed by atoms with Crippen LogP contribution in [0, 0.1) is 5.92 Å². The number of hydrogen-bond donors (Lipinski definition) is 3. The highest BCUT2D eigenvalue weighted by Gasteiger charge is 2.29. The van der Waals surface area contributed by atoms with E-state index in [-0.39, 0.29) is 17.2 Å². The van der Waals surface area contributed by atoms with E-state index < -0.39 is 23.8 Å². The maximum absolute atomic E-state index is 13.1. The average molecular weight is 590 g/mol. The molecule has 1 aliphatic carbocycles. The molecule has 0 aromatic heterocycles. The molecule has 3 aromatic carbocycles. The third-order valence-electron chi connectivity index (χ3n) is 7.42. The fourth-order valence-corrected chi connectivity index (χ4v) is 5.05. The van der Waals surface area contributed by atoms with Crippen LogP contribution < -0.4 is 19.5 Å². The zero-order valence-corrected chi connectivity index (χ0v) is 24.4. The van der Waals surface area contributed by atoms with E-state index in [1.807, 2.05) is 48.5 Å². The van der Waals surface area contributed by atoms with Crippen LogP contribution in [-0.4, -0.2) is 47.3 Å². The standard InChI is InChI=1S/C34H39NO8/c1-2-18-41-28-15-10-24(11-16-28)22-43-29-13-8-23(9-14-29)5-4-19-42-31-17-12-26(34(39)40)21-30(31)32(36)35-27-7-3-6-25(20-27)33(37)38/h8-17,21,25,27H,2-7,18-20,22H2,1H3,(H,35,36)(H,37,38)(H,39,40). The van der Waals surface area contributed by atoms with E-state index in [1.54, 1.807) is 0 Å². The monoisotopic (exact) mass is 589 g/mol. The maximum atomic E-state index is 13.1. The number of carbonyl (C=O) groups is 3. The molecular formula is C34H39NO8. The number of nitrogens with one attached hydrogen (secondary N) is 1. The minimum atomic E-state index is -1.15. The van der Waals surface area contributed by atoms with Gasteiger partial charge in [-0.2, -0.15) is 0 Å². The van der Waals surface area contributed by atoms with Gasteiger partial charge in [-0.1, -0.05) is 37.6 Å². The van der Waals surface area contributed by atoms with E-state index in [9.17, 15) is 24.6 Å². The molecule has 1 fully saturated rings. The number of aromatic carboxylic acids is 1. The fraction of sp³-hybridized carbons (Fsp3) is 0.382. The molecule has 2 atom stereocenters. The lowest BCUT2D eigenvalue weighted by atomic mass is 9.85. The van der Waals surface area contributed by atoms with Crippen LogP contribution in [0.4, 0.5) is 0 Å². The van der Waals surface area contributed by atoms with Gasteiger partial charge in [-0.25, -0.2) is 4.79 Å². The highest BCUT2D eigenvalue weighted by Crippen LogP contribution is 2.27. The Bertz CT molecular complexity index is 1370. The van der Waals surface area contributed by atoms with Crippen molar-refractivity contribution < 1.29 is 38.8 Å². The summed E-state index contributed by atoms with van der Waals surface area (Å²) >= 11 is 0. The molecule has 9 heteroatoms. The second kappa shape index (κ2) is 15.6. The summed E-state index contributed by atoms with van der Waals surface area (Å²) in [6.45, 7) is 3.56. The average Bonchev–Trinajstić information content (AvgIpc) is 3.02. The predicted molar refractivity (Wildman–Crippen MR) is 161 cm³/mol. The second-order valence-electron chi connectivity index (χ2n) is 10.8. The summed E-state index contributed by atoms with van der Waals surface area (Å²) in [6.07, 6.45) is 4.71. The highest BCUT2D eigenvalue weighted by molar-refractivity contribution is 6.00. The summed E-state index contributed by atoms with van der Waals surface area (Å²) in [6, 6.07) is 19.7. The normalized spacial score (nSPS) is 16.2. The number of aliphatic carboxylic acids is 1. The Labute approximate surface area is 251 Å². The molecule has 3 N–H and O–H groups in total. The molecule has 0 saturated heterocycles. The Balaban J connectivity index is 1.27. The molecule has 0 aliphatic heterocycles. The number of aryl methyl sites for hydroxylation is 1. The number of carboxylic acid groups (broad SMARTS) is 2. The van der Waals surface area contributed by atoms with Crippen molar-refractivity contribution in [3.05, 3.63) is 89.0 Å². The first-order valence-corrected chi connectivity index (χ1v) is 14.8. The summed E-state index contributed by atoms with van der Waals surface area (Å²) in [4.78, 5) is 36.1. The van der Waals surface area contributed by atoms with Crippen molar-refractivity contribution in [1.29, 1.82) is 0 Å². The zero-order valence-electron chi connectivity index (χ0n) is 24.4. The largest absolute Gasteiger partial charge is 0.494 e. The van der Waals surface area contributed by atoms with Gasteiger partial charge in [0.25, 0.3) is 5.91 Å². The summed E-state index contributed by atoms with van der Waals surface area (Å²) < 4.78 is 17.4. The van der Waals surface area contributed by atoms with Gasteiger partial charge in [0.05, 0.1) is 30.3 Å². The first-order chi connectivity index (χ1) is 20.8. The first-order valence-electron chi connectivity index (χ1n) is 14.8. The number of benzene rings is 3. The van der Waals surface area contributed by atoms with E-state index in [2.05, 4.69) is 12.2 Å². The molecule has 0 radical (unpaired) electrons. The molecule has 228 valence electrons. The topological polar surface area (TPSA) is 131 Å². The predicted octanol–water partition coefficient (Wildman–Crippen LogP) is 6.14. The van der Waals surface area contributed by atoms with Crippen molar-refractivity contribution in [1.82, 2.24) is 5.32 Å². The molecule has 1 amide bonds.